The van der Waals surface area contributed by atoms with Crippen molar-refractivity contribution < 1.29 is 19.2 Å². The number of nitrogens with zero attached hydrogens (tertiary/aromatic N) is 1. The molecule has 1 heterocycles. The van der Waals surface area contributed by atoms with Crippen LogP contribution in [0.3, 0.4) is 0 Å². The van der Waals surface area contributed by atoms with Crippen LogP contribution < -0.4 is 4.90 Å². The third kappa shape index (κ3) is 6.90. The summed E-state index contributed by atoms with van der Waals surface area (Å²) in [6, 6.07) is 9.98. The van der Waals surface area contributed by atoms with Gasteiger partial charge in [-0.15, -0.1) is 0 Å². The predicted molar refractivity (Wildman–Crippen MR) is 128 cm³/mol. The molecule has 0 amide bonds. The number of hydrogen-bond acceptors (Lipinski definition) is 4. The van der Waals surface area contributed by atoms with Crippen molar-refractivity contribution in [3.63, 3.8) is 0 Å². The van der Waals surface area contributed by atoms with Crippen molar-refractivity contribution in [2.75, 3.05) is 27.3 Å². The van der Waals surface area contributed by atoms with E-state index in [0.29, 0.717) is 5.89 Å². The maximum Gasteiger partial charge on any atom is 0.231 e. The first-order chi connectivity index (χ1) is 15.6. The Morgan fingerprint density at radius 3 is 2.44 bits per heavy atom. The summed E-state index contributed by atoms with van der Waals surface area (Å²) >= 11 is 0. The normalized spacial score (nSPS) is 17.8. The summed E-state index contributed by atoms with van der Waals surface area (Å²) in [5, 5.41) is 11.9. The smallest absolute Gasteiger partial charge is 0.231 e. The van der Waals surface area contributed by atoms with Crippen LogP contribution in [0.5, 0.6) is 0 Å². The third-order valence-electron chi connectivity index (χ3n) is 6.97. The minimum absolute atomic E-state index is 0.152. The first-order valence-corrected chi connectivity index (χ1v) is 12.7. The monoisotopic (exact) mass is 443 g/mol. The summed E-state index contributed by atoms with van der Waals surface area (Å²) in [4.78, 5) is 6.02. The Morgan fingerprint density at radius 2 is 1.72 bits per heavy atom. The van der Waals surface area contributed by atoms with E-state index in [4.69, 9.17) is 9.15 Å². The lowest BCUT2D eigenvalue weighted by Crippen LogP contribution is -3.07. The van der Waals surface area contributed by atoms with Crippen molar-refractivity contribution in [2.24, 2.45) is 5.92 Å². The van der Waals surface area contributed by atoms with E-state index in [1.807, 2.05) is 36.5 Å². The molecule has 0 radical (unpaired) electrons. The Morgan fingerprint density at radius 1 is 1.03 bits per heavy atom. The number of aromatic nitrogens is 1. The average Bonchev–Trinajstić information content (AvgIpc) is 3.30. The second-order valence-corrected chi connectivity index (χ2v) is 9.60. The zero-order valence-corrected chi connectivity index (χ0v) is 20.2. The molecular weight excluding hydrogens is 400 g/mol. The highest BCUT2D eigenvalue weighted by Gasteiger charge is 2.44. The Kier molecular flexibility index (Phi) is 10.2. The maximum absolute atomic E-state index is 11.9. The van der Waals surface area contributed by atoms with Crippen molar-refractivity contribution in [3.8, 4) is 0 Å². The molecule has 0 saturated heterocycles. The van der Waals surface area contributed by atoms with Crippen LogP contribution in [0, 0.1) is 5.92 Å². The lowest BCUT2D eigenvalue weighted by atomic mass is 9.73. The van der Waals surface area contributed by atoms with Crippen molar-refractivity contribution in [1.82, 2.24) is 4.98 Å². The molecule has 1 fully saturated rings. The lowest BCUT2D eigenvalue weighted by molar-refractivity contribution is -0.895. The van der Waals surface area contributed by atoms with E-state index in [2.05, 4.69) is 12.0 Å². The largest absolute Gasteiger partial charge is 0.436 e. The van der Waals surface area contributed by atoms with Gasteiger partial charge in [0.25, 0.3) is 0 Å². The van der Waals surface area contributed by atoms with Crippen LogP contribution >= 0.6 is 0 Å². The van der Waals surface area contributed by atoms with E-state index in [0.717, 1.165) is 56.7 Å². The minimum Gasteiger partial charge on any atom is -0.436 e. The van der Waals surface area contributed by atoms with Gasteiger partial charge in [0, 0.05) is 19.6 Å². The Bertz CT molecular complexity index is 757. The molecule has 1 aliphatic carbocycles. The standard InChI is InChI=1S/C27H42N2O3/c1-29(19-13-5-3-4-6-14-20-31-2)22-25-21-28-26(32-25)27(30,23-15-9-7-10-16-23)24-17-11-8-12-18-24/h7,9-10,15-16,21,24,30H,3-6,8,11-14,17-20,22H2,1-2H3/p+1/t27-/m0/s1. The number of quaternary nitrogens is 1. The SMILES string of the molecule is COCCCCCCCC[NH+](C)Cc1cnc([C@](O)(c2ccccc2)C2CCCCC2)o1. The van der Waals surface area contributed by atoms with E-state index in [1.165, 1.54) is 49.8 Å². The van der Waals surface area contributed by atoms with Crippen LogP contribution in [-0.2, 0) is 16.9 Å². The number of oxazole rings is 1. The molecule has 1 unspecified atom stereocenters. The molecule has 5 nitrogen and oxygen atoms in total. The predicted octanol–water partition coefficient (Wildman–Crippen LogP) is 4.49. The molecule has 178 valence electrons. The van der Waals surface area contributed by atoms with Crippen LogP contribution in [0.2, 0.25) is 0 Å². The van der Waals surface area contributed by atoms with Crippen molar-refractivity contribution in [3.05, 3.63) is 53.7 Å². The van der Waals surface area contributed by atoms with Gasteiger partial charge >= 0.3 is 0 Å². The number of rotatable bonds is 14. The quantitative estimate of drug-likeness (QED) is 0.422. The van der Waals surface area contributed by atoms with Gasteiger partial charge in [0.1, 0.15) is 6.54 Å². The molecule has 0 bridgehead atoms. The number of methoxy groups -OCH3 is 1. The van der Waals surface area contributed by atoms with Crippen LogP contribution in [0.25, 0.3) is 0 Å². The molecule has 0 spiro atoms. The molecule has 3 rings (SSSR count). The summed E-state index contributed by atoms with van der Waals surface area (Å²) in [6.07, 6.45) is 15.0. The van der Waals surface area contributed by atoms with E-state index < -0.39 is 5.60 Å². The molecule has 0 aliphatic heterocycles. The Balaban J connectivity index is 1.54. The van der Waals surface area contributed by atoms with E-state index in [9.17, 15) is 5.11 Å². The lowest BCUT2D eigenvalue weighted by Gasteiger charge is -2.36. The highest BCUT2D eigenvalue weighted by atomic mass is 16.5. The van der Waals surface area contributed by atoms with Gasteiger partial charge in [0.2, 0.25) is 5.89 Å². The second kappa shape index (κ2) is 13.1. The first-order valence-electron chi connectivity index (χ1n) is 12.7. The van der Waals surface area contributed by atoms with Gasteiger partial charge in [-0.25, -0.2) is 4.98 Å². The van der Waals surface area contributed by atoms with Gasteiger partial charge in [-0.3, -0.25) is 0 Å². The fourth-order valence-corrected chi connectivity index (χ4v) is 5.08. The molecule has 1 aromatic carbocycles. The fourth-order valence-electron chi connectivity index (χ4n) is 5.08. The summed E-state index contributed by atoms with van der Waals surface area (Å²) in [7, 11) is 3.99. The summed E-state index contributed by atoms with van der Waals surface area (Å²) < 4.78 is 11.3. The van der Waals surface area contributed by atoms with Crippen molar-refractivity contribution >= 4 is 0 Å². The van der Waals surface area contributed by atoms with Crippen LogP contribution in [0.1, 0.15) is 87.8 Å². The van der Waals surface area contributed by atoms with Gasteiger partial charge in [-0.05, 0) is 37.7 Å². The molecule has 1 saturated carbocycles. The third-order valence-corrected chi connectivity index (χ3v) is 6.97. The number of nitrogens with one attached hydrogen (secondary N) is 1. The van der Waals surface area contributed by atoms with E-state index in [-0.39, 0.29) is 5.92 Å². The van der Waals surface area contributed by atoms with Gasteiger partial charge in [0.05, 0.1) is 19.8 Å². The van der Waals surface area contributed by atoms with Crippen LogP contribution in [0.4, 0.5) is 0 Å². The zero-order valence-electron chi connectivity index (χ0n) is 20.2. The van der Waals surface area contributed by atoms with Gasteiger partial charge in [0.15, 0.2) is 11.4 Å². The van der Waals surface area contributed by atoms with Gasteiger partial charge in [-0.2, -0.15) is 0 Å². The zero-order chi connectivity index (χ0) is 22.7. The molecule has 32 heavy (non-hydrogen) atoms. The molecular formula is C27H43N2O3+. The highest BCUT2D eigenvalue weighted by Crippen LogP contribution is 2.43. The summed E-state index contributed by atoms with van der Waals surface area (Å²) in [6.45, 7) is 2.81. The second-order valence-electron chi connectivity index (χ2n) is 9.60. The van der Waals surface area contributed by atoms with Crippen molar-refractivity contribution in [1.29, 1.82) is 0 Å². The number of aliphatic hydroxyl groups is 1. The van der Waals surface area contributed by atoms with E-state index >= 15 is 0 Å². The Labute approximate surface area is 194 Å². The summed E-state index contributed by atoms with van der Waals surface area (Å²) in [5.74, 6) is 1.48. The molecule has 5 heteroatoms. The highest BCUT2D eigenvalue weighted by molar-refractivity contribution is 5.30. The number of unbranched alkanes of at least 4 members (excludes halogenated alkanes) is 5. The first kappa shape index (κ1) is 24.9. The van der Waals surface area contributed by atoms with E-state index in [1.54, 1.807) is 7.11 Å². The van der Waals surface area contributed by atoms with Gasteiger partial charge in [-0.1, -0.05) is 68.9 Å². The van der Waals surface area contributed by atoms with Crippen LogP contribution in [-0.4, -0.2) is 37.4 Å². The topological polar surface area (TPSA) is 59.9 Å². The molecule has 2 aromatic rings. The summed E-state index contributed by atoms with van der Waals surface area (Å²) in [5.41, 5.74) is -0.247. The van der Waals surface area contributed by atoms with Crippen molar-refractivity contribution in [2.45, 2.75) is 82.8 Å². The molecule has 2 N–H and O–H groups in total. The molecule has 1 aromatic heterocycles. The van der Waals surface area contributed by atoms with Crippen LogP contribution in [0.15, 0.2) is 40.9 Å². The maximum atomic E-state index is 11.9. The average molecular weight is 444 g/mol. The number of hydrogen-bond donors (Lipinski definition) is 2. The Hall–Kier alpha value is -1.69. The number of ether oxygens (including phenoxy) is 1. The number of benzene rings is 1. The fraction of sp³-hybridized carbons (Fsp3) is 0.667. The molecule has 2 atom stereocenters. The van der Waals surface area contributed by atoms with Gasteiger partial charge < -0.3 is 19.2 Å². The minimum atomic E-state index is -1.14. The molecule has 1 aliphatic rings.